The quantitative estimate of drug-likeness (QED) is 0.814. The molecular weight excluding hydrogens is 232 g/mol. The van der Waals surface area contributed by atoms with Gasteiger partial charge in [0, 0.05) is 0 Å². The largest absolute Gasteiger partial charge is 0.491 e. The number of carbonyl (C=O) groups is 1. The SMILES string of the molecule is COc1cc(C(=O)Cl)c(C(F)F)[nH]c1=O. The van der Waals surface area contributed by atoms with E-state index in [0.29, 0.717) is 0 Å². The number of nitrogens with one attached hydrogen (secondary N) is 1. The normalized spacial score (nSPS) is 10.5. The smallest absolute Gasteiger partial charge is 0.290 e. The van der Waals surface area contributed by atoms with Crippen molar-refractivity contribution >= 4 is 16.8 Å². The molecule has 0 bridgehead atoms. The molecule has 0 aliphatic heterocycles. The zero-order chi connectivity index (χ0) is 11.6. The van der Waals surface area contributed by atoms with Crippen LogP contribution in [0.15, 0.2) is 10.9 Å². The molecule has 0 aliphatic carbocycles. The zero-order valence-electron chi connectivity index (χ0n) is 7.51. The van der Waals surface area contributed by atoms with Gasteiger partial charge in [-0.15, -0.1) is 0 Å². The van der Waals surface area contributed by atoms with Crippen LogP contribution in [0.3, 0.4) is 0 Å². The Balaban J connectivity index is 3.46. The number of methoxy groups -OCH3 is 1. The van der Waals surface area contributed by atoms with Crippen LogP contribution in [0.2, 0.25) is 0 Å². The minimum atomic E-state index is -2.98. The number of alkyl halides is 2. The average molecular weight is 238 g/mol. The van der Waals surface area contributed by atoms with Crippen LogP contribution in [0, 0.1) is 0 Å². The molecule has 1 rings (SSSR count). The third kappa shape index (κ3) is 2.33. The Bertz CT molecular complexity index is 444. The second-order valence-electron chi connectivity index (χ2n) is 2.57. The summed E-state index contributed by atoms with van der Waals surface area (Å²) in [5, 5.41) is -1.08. The Morgan fingerprint density at radius 1 is 1.60 bits per heavy atom. The van der Waals surface area contributed by atoms with Crippen LogP contribution in [0.25, 0.3) is 0 Å². The number of ether oxygens (including phenoxy) is 1. The lowest BCUT2D eigenvalue weighted by atomic mass is 10.2. The first kappa shape index (κ1) is 11.6. The van der Waals surface area contributed by atoms with Crippen molar-refractivity contribution in [2.45, 2.75) is 6.43 Å². The predicted molar refractivity (Wildman–Crippen MR) is 48.8 cm³/mol. The molecule has 4 nitrogen and oxygen atoms in total. The molecule has 7 heteroatoms. The summed E-state index contributed by atoms with van der Waals surface area (Å²) >= 11 is 5.08. The van der Waals surface area contributed by atoms with E-state index >= 15 is 0 Å². The van der Waals surface area contributed by atoms with Crippen LogP contribution >= 0.6 is 11.6 Å². The Hall–Kier alpha value is -1.43. The van der Waals surface area contributed by atoms with Gasteiger partial charge in [-0.25, -0.2) is 8.78 Å². The zero-order valence-corrected chi connectivity index (χ0v) is 8.27. The lowest BCUT2D eigenvalue weighted by Crippen LogP contribution is -2.15. The average Bonchev–Trinajstić information content (AvgIpc) is 2.16. The summed E-state index contributed by atoms with van der Waals surface area (Å²) in [7, 11) is 1.18. The molecule has 1 aromatic heterocycles. The Kier molecular flexibility index (Phi) is 3.41. The third-order valence-electron chi connectivity index (χ3n) is 1.69. The molecule has 0 aliphatic rings. The van der Waals surface area contributed by atoms with Gasteiger partial charge in [-0.2, -0.15) is 0 Å². The van der Waals surface area contributed by atoms with Crippen molar-refractivity contribution in [2.24, 2.45) is 0 Å². The Morgan fingerprint density at radius 3 is 2.60 bits per heavy atom. The van der Waals surface area contributed by atoms with Gasteiger partial charge in [0.05, 0.1) is 18.4 Å². The Labute approximate surface area is 87.8 Å². The molecule has 0 unspecified atom stereocenters. The molecular formula is C8H6ClF2NO3. The van der Waals surface area contributed by atoms with E-state index in [0.717, 1.165) is 6.07 Å². The van der Waals surface area contributed by atoms with Gasteiger partial charge in [0.1, 0.15) is 0 Å². The highest BCUT2D eigenvalue weighted by atomic mass is 35.5. The molecule has 0 atom stereocenters. The van der Waals surface area contributed by atoms with Crippen LogP contribution in [-0.2, 0) is 0 Å². The number of rotatable bonds is 3. The van der Waals surface area contributed by atoms with E-state index in [9.17, 15) is 18.4 Å². The van der Waals surface area contributed by atoms with Crippen molar-refractivity contribution in [3.63, 3.8) is 0 Å². The molecule has 1 heterocycles. The third-order valence-corrected chi connectivity index (χ3v) is 1.89. The van der Waals surface area contributed by atoms with Crippen molar-refractivity contribution in [3.8, 4) is 5.75 Å². The van der Waals surface area contributed by atoms with Crippen LogP contribution in [-0.4, -0.2) is 17.3 Å². The molecule has 15 heavy (non-hydrogen) atoms. The summed E-state index contributed by atoms with van der Waals surface area (Å²) in [4.78, 5) is 23.7. The van der Waals surface area contributed by atoms with E-state index in [4.69, 9.17) is 11.6 Å². The molecule has 1 N–H and O–H groups in total. The first-order chi connectivity index (χ1) is 6.97. The molecule has 0 amide bonds. The number of hydrogen-bond donors (Lipinski definition) is 1. The van der Waals surface area contributed by atoms with Crippen LogP contribution in [0.5, 0.6) is 5.75 Å². The lowest BCUT2D eigenvalue weighted by molar-refractivity contribution is 0.106. The fourth-order valence-electron chi connectivity index (χ4n) is 1.01. The highest BCUT2D eigenvalue weighted by molar-refractivity contribution is 6.67. The van der Waals surface area contributed by atoms with E-state index in [1.165, 1.54) is 7.11 Å². The standard InChI is InChI=1S/C8H6ClF2NO3/c1-15-4-2-3(6(9)13)5(7(10)11)12-8(4)14/h2,7H,1H3,(H,12,14). The second-order valence-corrected chi connectivity index (χ2v) is 2.91. The van der Waals surface area contributed by atoms with E-state index in [1.54, 1.807) is 0 Å². The van der Waals surface area contributed by atoms with E-state index in [2.05, 4.69) is 4.74 Å². The number of H-pyrrole nitrogens is 1. The number of pyridine rings is 1. The predicted octanol–water partition coefficient (Wildman–Crippen LogP) is 1.70. The molecule has 82 valence electrons. The van der Waals surface area contributed by atoms with Crippen molar-refractivity contribution in [1.82, 2.24) is 4.98 Å². The molecule has 0 aromatic carbocycles. The molecule has 0 radical (unpaired) electrons. The monoisotopic (exact) mass is 237 g/mol. The number of hydrogen-bond acceptors (Lipinski definition) is 3. The Morgan fingerprint density at radius 2 is 2.20 bits per heavy atom. The number of aromatic amines is 1. The minimum Gasteiger partial charge on any atom is -0.491 e. The van der Waals surface area contributed by atoms with Gasteiger partial charge >= 0.3 is 0 Å². The maximum absolute atomic E-state index is 12.4. The van der Waals surface area contributed by atoms with Crippen LogP contribution < -0.4 is 10.3 Å². The molecule has 0 fully saturated rings. The van der Waals surface area contributed by atoms with Crippen molar-refractivity contribution in [3.05, 3.63) is 27.7 Å². The van der Waals surface area contributed by atoms with Gasteiger partial charge in [-0.05, 0) is 17.7 Å². The summed E-state index contributed by atoms with van der Waals surface area (Å²) in [6.45, 7) is 0. The molecule has 0 saturated heterocycles. The van der Waals surface area contributed by atoms with E-state index in [-0.39, 0.29) is 5.75 Å². The summed E-state index contributed by atoms with van der Waals surface area (Å²) < 4.78 is 29.3. The maximum Gasteiger partial charge on any atom is 0.290 e. The van der Waals surface area contributed by atoms with Crippen molar-refractivity contribution in [1.29, 1.82) is 0 Å². The lowest BCUT2D eigenvalue weighted by Gasteiger charge is -2.06. The highest BCUT2D eigenvalue weighted by Crippen LogP contribution is 2.22. The molecule has 0 spiro atoms. The summed E-state index contributed by atoms with van der Waals surface area (Å²) in [5.74, 6) is -0.247. The maximum atomic E-state index is 12.4. The highest BCUT2D eigenvalue weighted by Gasteiger charge is 2.20. The van der Waals surface area contributed by atoms with Gasteiger partial charge in [0.2, 0.25) is 0 Å². The van der Waals surface area contributed by atoms with Gasteiger partial charge < -0.3 is 9.72 Å². The molecule has 1 aromatic rings. The fraction of sp³-hybridized carbons (Fsp3) is 0.250. The number of aromatic nitrogens is 1. The van der Waals surface area contributed by atoms with Gasteiger partial charge in [-0.3, -0.25) is 9.59 Å². The van der Waals surface area contributed by atoms with Crippen molar-refractivity contribution in [2.75, 3.05) is 7.11 Å². The minimum absolute atomic E-state index is 0.247. The number of halogens is 3. The van der Waals surface area contributed by atoms with Crippen molar-refractivity contribution < 1.29 is 18.3 Å². The van der Waals surface area contributed by atoms with E-state index < -0.39 is 28.5 Å². The van der Waals surface area contributed by atoms with Gasteiger partial charge in [0.25, 0.3) is 17.2 Å². The first-order valence-electron chi connectivity index (χ1n) is 3.76. The van der Waals surface area contributed by atoms with Crippen LogP contribution in [0.1, 0.15) is 22.5 Å². The summed E-state index contributed by atoms with van der Waals surface area (Å²) in [6.07, 6.45) is -2.98. The van der Waals surface area contributed by atoms with Crippen LogP contribution in [0.4, 0.5) is 8.78 Å². The summed E-state index contributed by atoms with van der Waals surface area (Å²) in [5.41, 5.74) is -2.11. The van der Waals surface area contributed by atoms with E-state index in [1.807, 2.05) is 4.98 Å². The first-order valence-corrected chi connectivity index (χ1v) is 4.14. The van der Waals surface area contributed by atoms with Gasteiger partial charge in [0.15, 0.2) is 5.75 Å². The number of carbonyl (C=O) groups excluding carboxylic acids is 1. The second kappa shape index (κ2) is 4.39. The summed E-state index contributed by atoms with van der Waals surface area (Å²) in [6, 6.07) is 0.885. The fourth-order valence-corrected chi connectivity index (χ4v) is 1.17. The molecule has 0 saturated carbocycles. The van der Waals surface area contributed by atoms with Gasteiger partial charge in [-0.1, -0.05) is 0 Å². The topological polar surface area (TPSA) is 59.2 Å².